The van der Waals surface area contributed by atoms with Crippen LogP contribution in [0.25, 0.3) is 0 Å². The zero-order valence-electron chi connectivity index (χ0n) is 11.4. The minimum atomic E-state index is -0.1000. The van der Waals surface area contributed by atoms with Crippen LogP contribution in [0, 0.1) is 0 Å². The highest BCUT2D eigenvalue weighted by Gasteiger charge is 2.26. The first-order valence-electron chi connectivity index (χ1n) is 6.82. The Morgan fingerprint density at radius 3 is 2.70 bits per heavy atom. The van der Waals surface area contributed by atoms with Crippen LogP contribution in [0.1, 0.15) is 34.7 Å². The van der Waals surface area contributed by atoms with Crippen molar-refractivity contribution in [2.75, 3.05) is 12.4 Å². The normalized spacial score (nSPS) is 13.8. The standard InChI is InChI=1S/C17H17NO2/c1-20-14-6-4-5-13(11-14)17(19)18-16-8-3-2-7-15(16)12-9-10-12/h2-8,11-12H,9-10H2,1H3,(H,18,19). The van der Waals surface area contributed by atoms with Gasteiger partial charge in [0.1, 0.15) is 5.75 Å². The second kappa shape index (κ2) is 5.37. The molecule has 2 aromatic carbocycles. The van der Waals surface area contributed by atoms with E-state index in [4.69, 9.17) is 4.74 Å². The Bertz CT molecular complexity index is 632. The lowest BCUT2D eigenvalue weighted by molar-refractivity contribution is 0.102. The predicted molar refractivity (Wildman–Crippen MR) is 79.4 cm³/mol. The molecular weight excluding hydrogens is 250 g/mol. The molecular formula is C17H17NO2. The maximum absolute atomic E-state index is 12.3. The molecule has 3 nitrogen and oxygen atoms in total. The van der Waals surface area contributed by atoms with Crippen molar-refractivity contribution in [3.8, 4) is 5.75 Å². The van der Waals surface area contributed by atoms with Gasteiger partial charge in [0, 0.05) is 11.3 Å². The molecule has 20 heavy (non-hydrogen) atoms. The van der Waals surface area contributed by atoms with Crippen molar-refractivity contribution >= 4 is 11.6 Å². The Morgan fingerprint density at radius 2 is 1.95 bits per heavy atom. The number of hydrogen-bond acceptors (Lipinski definition) is 2. The van der Waals surface area contributed by atoms with E-state index in [1.165, 1.54) is 18.4 Å². The molecule has 2 aromatic rings. The highest BCUT2D eigenvalue weighted by atomic mass is 16.5. The molecule has 1 saturated carbocycles. The number of carbonyl (C=O) groups is 1. The van der Waals surface area contributed by atoms with Crippen LogP contribution in [0.15, 0.2) is 48.5 Å². The van der Waals surface area contributed by atoms with Crippen LogP contribution in [0.2, 0.25) is 0 Å². The smallest absolute Gasteiger partial charge is 0.255 e. The summed E-state index contributed by atoms with van der Waals surface area (Å²) >= 11 is 0. The maximum atomic E-state index is 12.3. The van der Waals surface area contributed by atoms with E-state index < -0.39 is 0 Å². The zero-order chi connectivity index (χ0) is 13.9. The molecule has 1 aliphatic rings. The number of ether oxygens (including phenoxy) is 1. The van der Waals surface area contributed by atoms with E-state index in [0.29, 0.717) is 17.2 Å². The lowest BCUT2D eigenvalue weighted by Crippen LogP contribution is -2.13. The summed E-state index contributed by atoms with van der Waals surface area (Å²) in [6.45, 7) is 0. The molecule has 0 radical (unpaired) electrons. The summed E-state index contributed by atoms with van der Waals surface area (Å²) in [7, 11) is 1.60. The van der Waals surface area contributed by atoms with Crippen LogP contribution in [0.4, 0.5) is 5.69 Å². The van der Waals surface area contributed by atoms with Crippen LogP contribution in [0.5, 0.6) is 5.75 Å². The maximum Gasteiger partial charge on any atom is 0.255 e. The molecule has 0 bridgehead atoms. The second-order valence-corrected chi connectivity index (χ2v) is 5.05. The van der Waals surface area contributed by atoms with Gasteiger partial charge in [-0.2, -0.15) is 0 Å². The first kappa shape index (κ1) is 12.7. The SMILES string of the molecule is COc1cccc(C(=O)Nc2ccccc2C2CC2)c1. The lowest BCUT2D eigenvalue weighted by atomic mass is 10.1. The van der Waals surface area contributed by atoms with Gasteiger partial charge in [-0.25, -0.2) is 0 Å². The van der Waals surface area contributed by atoms with Gasteiger partial charge in [-0.3, -0.25) is 4.79 Å². The van der Waals surface area contributed by atoms with E-state index in [-0.39, 0.29) is 5.91 Å². The van der Waals surface area contributed by atoms with E-state index in [1.807, 2.05) is 30.3 Å². The third-order valence-corrected chi connectivity index (χ3v) is 3.56. The molecule has 3 heteroatoms. The van der Waals surface area contributed by atoms with Gasteiger partial charge in [-0.1, -0.05) is 24.3 Å². The quantitative estimate of drug-likeness (QED) is 0.914. The molecule has 3 rings (SSSR count). The van der Waals surface area contributed by atoms with Crippen molar-refractivity contribution < 1.29 is 9.53 Å². The van der Waals surface area contributed by atoms with Gasteiger partial charge in [0.15, 0.2) is 0 Å². The third-order valence-electron chi connectivity index (χ3n) is 3.56. The minimum Gasteiger partial charge on any atom is -0.497 e. The molecule has 0 unspecified atom stereocenters. The van der Waals surface area contributed by atoms with Crippen molar-refractivity contribution in [3.63, 3.8) is 0 Å². The van der Waals surface area contributed by atoms with Crippen molar-refractivity contribution in [2.45, 2.75) is 18.8 Å². The Hall–Kier alpha value is -2.29. The number of benzene rings is 2. The van der Waals surface area contributed by atoms with E-state index in [0.717, 1.165) is 5.69 Å². The topological polar surface area (TPSA) is 38.3 Å². The number of amides is 1. The number of para-hydroxylation sites is 1. The Balaban J connectivity index is 1.82. The molecule has 102 valence electrons. The molecule has 0 aromatic heterocycles. The van der Waals surface area contributed by atoms with Gasteiger partial charge >= 0.3 is 0 Å². The van der Waals surface area contributed by atoms with E-state index in [1.54, 1.807) is 19.2 Å². The van der Waals surface area contributed by atoms with Crippen LogP contribution in [-0.4, -0.2) is 13.0 Å². The molecule has 0 atom stereocenters. The summed E-state index contributed by atoms with van der Waals surface area (Å²) in [6, 6.07) is 15.2. The number of anilines is 1. The highest BCUT2D eigenvalue weighted by Crippen LogP contribution is 2.43. The van der Waals surface area contributed by atoms with E-state index in [9.17, 15) is 4.79 Å². The van der Waals surface area contributed by atoms with Crippen molar-refractivity contribution in [2.24, 2.45) is 0 Å². The minimum absolute atomic E-state index is 0.1000. The molecule has 1 aliphatic carbocycles. The molecule has 1 amide bonds. The van der Waals surface area contributed by atoms with Crippen LogP contribution in [0.3, 0.4) is 0 Å². The fourth-order valence-corrected chi connectivity index (χ4v) is 2.32. The Morgan fingerprint density at radius 1 is 1.15 bits per heavy atom. The van der Waals surface area contributed by atoms with E-state index >= 15 is 0 Å². The van der Waals surface area contributed by atoms with Crippen molar-refractivity contribution in [1.82, 2.24) is 0 Å². The highest BCUT2D eigenvalue weighted by molar-refractivity contribution is 6.05. The summed E-state index contributed by atoms with van der Waals surface area (Å²) in [4.78, 5) is 12.3. The van der Waals surface area contributed by atoms with Crippen LogP contribution < -0.4 is 10.1 Å². The summed E-state index contributed by atoms with van der Waals surface area (Å²) in [5.41, 5.74) is 2.77. The average Bonchev–Trinajstić information content (AvgIpc) is 3.32. The lowest BCUT2D eigenvalue weighted by Gasteiger charge is -2.11. The second-order valence-electron chi connectivity index (χ2n) is 5.05. The van der Waals surface area contributed by atoms with Gasteiger partial charge in [0.05, 0.1) is 7.11 Å². The molecule has 0 saturated heterocycles. The summed E-state index contributed by atoms with van der Waals surface area (Å²) in [6.07, 6.45) is 2.43. The fourth-order valence-electron chi connectivity index (χ4n) is 2.32. The first-order chi connectivity index (χ1) is 9.78. The first-order valence-corrected chi connectivity index (χ1v) is 6.82. The molecule has 1 fully saturated rings. The Kier molecular flexibility index (Phi) is 3.42. The van der Waals surface area contributed by atoms with E-state index in [2.05, 4.69) is 11.4 Å². The third kappa shape index (κ3) is 2.67. The predicted octanol–water partition coefficient (Wildman–Crippen LogP) is 3.82. The van der Waals surface area contributed by atoms with Crippen LogP contribution in [-0.2, 0) is 0 Å². The number of rotatable bonds is 4. The fraction of sp³-hybridized carbons (Fsp3) is 0.235. The van der Waals surface area contributed by atoms with Gasteiger partial charge in [0.2, 0.25) is 0 Å². The molecule has 0 heterocycles. The average molecular weight is 267 g/mol. The van der Waals surface area contributed by atoms with Crippen molar-refractivity contribution in [3.05, 3.63) is 59.7 Å². The molecule has 0 spiro atoms. The largest absolute Gasteiger partial charge is 0.497 e. The Labute approximate surface area is 118 Å². The monoisotopic (exact) mass is 267 g/mol. The summed E-state index contributed by atoms with van der Waals surface area (Å²) in [5.74, 6) is 1.20. The van der Waals surface area contributed by atoms with Crippen LogP contribution >= 0.6 is 0 Å². The van der Waals surface area contributed by atoms with Gasteiger partial charge < -0.3 is 10.1 Å². The van der Waals surface area contributed by atoms with Gasteiger partial charge in [-0.05, 0) is 48.6 Å². The summed E-state index contributed by atoms with van der Waals surface area (Å²) in [5, 5.41) is 3.00. The molecule has 1 N–H and O–H groups in total. The number of hydrogen-bond donors (Lipinski definition) is 1. The number of nitrogens with one attached hydrogen (secondary N) is 1. The number of carbonyl (C=O) groups excluding carboxylic acids is 1. The zero-order valence-corrected chi connectivity index (χ0v) is 11.4. The summed E-state index contributed by atoms with van der Waals surface area (Å²) < 4.78 is 5.15. The number of methoxy groups -OCH3 is 1. The van der Waals surface area contributed by atoms with Crippen molar-refractivity contribution in [1.29, 1.82) is 0 Å². The van der Waals surface area contributed by atoms with Gasteiger partial charge in [0.25, 0.3) is 5.91 Å². The molecule has 0 aliphatic heterocycles. The van der Waals surface area contributed by atoms with Gasteiger partial charge in [-0.15, -0.1) is 0 Å².